The molecule has 4 aromatic rings. The van der Waals surface area contributed by atoms with E-state index in [1.165, 1.54) is 22.5 Å². The highest BCUT2D eigenvalue weighted by Gasteiger charge is 2.45. The van der Waals surface area contributed by atoms with Gasteiger partial charge < -0.3 is 14.8 Å². The number of anilines is 2. The van der Waals surface area contributed by atoms with E-state index in [1.54, 1.807) is 12.1 Å². The second-order valence-corrected chi connectivity index (χ2v) is 18.7. The summed E-state index contributed by atoms with van der Waals surface area (Å²) in [5.74, 6) is -1.57. The summed E-state index contributed by atoms with van der Waals surface area (Å²) in [5, 5.41) is 2.28. The minimum absolute atomic E-state index is 0.0370. The minimum Gasteiger partial charge on any atom is -0.371 e. The van der Waals surface area contributed by atoms with Gasteiger partial charge in [-0.05, 0) is 80.9 Å². The summed E-state index contributed by atoms with van der Waals surface area (Å²) in [5.41, 5.74) is 0.953. The third kappa shape index (κ3) is 8.07. The first-order valence-corrected chi connectivity index (χ1v) is 22.1. The number of alkyl halides is 3. The number of halogens is 5. The lowest BCUT2D eigenvalue weighted by Crippen LogP contribution is -2.56. The predicted octanol–water partition coefficient (Wildman–Crippen LogP) is 4.83. The Labute approximate surface area is 358 Å². The van der Waals surface area contributed by atoms with E-state index in [0.717, 1.165) is 68.3 Å². The number of hydrogen-bond donors (Lipinski definition) is 3. The quantitative estimate of drug-likeness (QED) is 0.198. The number of nitrogens with one attached hydrogen (secondary N) is 3. The molecule has 0 spiro atoms. The fourth-order valence-corrected chi connectivity index (χ4v) is 10.7. The van der Waals surface area contributed by atoms with E-state index < -0.39 is 51.6 Å². The highest BCUT2D eigenvalue weighted by molar-refractivity contribution is 7.90. The molecule has 4 fully saturated rings. The van der Waals surface area contributed by atoms with Crippen molar-refractivity contribution in [1.29, 1.82) is 0 Å². The number of fused-ring (bicyclic) bond motifs is 2. The van der Waals surface area contributed by atoms with Gasteiger partial charge in [0.05, 0.1) is 32.9 Å². The average molecular weight is 903 g/mol. The standard InChI is InChI=1S/C40H40Cl2F3N9O6S/c41-24-1-4-31(29(17-24)36-46-32-16-23(40(43,44)45)15-30(42)35(32)48-36)49-61(59,60)53-13-11-51(12-14-53)25-7-9-50(10-8-25)19-22-20-52(21-22)26-2-3-27-28(18-26)39(58)54(38(27)57)33-5-6-34(55)47-37(33)56/h1-4,15-18,22,25,33,49H,5-14,19-21H2,(H,46,48)(H,47,55,56). The maximum atomic E-state index is 13.7. The van der Waals surface area contributed by atoms with E-state index >= 15 is 0 Å². The van der Waals surface area contributed by atoms with E-state index in [4.69, 9.17) is 23.2 Å². The van der Waals surface area contributed by atoms with Crippen molar-refractivity contribution in [3.05, 3.63) is 75.3 Å². The number of aromatic nitrogens is 2. The van der Waals surface area contributed by atoms with E-state index in [9.17, 15) is 40.8 Å². The molecule has 4 amide bonds. The Morgan fingerprint density at radius 3 is 2.26 bits per heavy atom. The lowest BCUT2D eigenvalue weighted by atomic mass is 9.95. The number of H-pyrrole nitrogens is 1. The van der Waals surface area contributed by atoms with Crippen LogP contribution in [0.5, 0.6) is 0 Å². The fraction of sp³-hybridized carbons (Fsp3) is 0.425. The lowest BCUT2D eigenvalue weighted by Gasteiger charge is -2.46. The van der Waals surface area contributed by atoms with Gasteiger partial charge in [0.1, 0.15) is 17.4 Å². The van der Waals surface area contributed by atoms with Gasteiger partial charge in [-0.15, -0.1) is 0 Å². The molecule has 1 aromatic heterocycles. The molecule has 0 radical (unpaired) electrons. The average Bonchev–Trinajstić information content (AvgIpc) is 3.75. The molecule has 1 atom stereocenters. The summed E-state index contributed by atoms with van der Waals surface area (Å²) >= 11 is 12.4. The van der Waals surface area contributed by atoms with Gasteiger partial charge in [0.25, 0.3) is 11.8 Å². The van der Waals surface area contributed by atoms with Gasteiger partial charge in [-0.2, -0.15) is 25.9 Å². The van der Waals surface area contributed by atoms with Crippen molar-refractivity contribution in [2.45, 2.75) is 43.9 Å². The van der Waals surface area contributed by atoms with Gasteiger partial charge >= 0.3 is 16.4 Å². The molecular formula is C40H40Cl2F3N9O6S. The van der Waals surface area contributed by atoms with Gasteiger partial charge in [0, 0.05) is 80.5 Å². The summed E-state index contributed by atoms with van der Waals surface area (Å²) in [7, 11) is -4.03. The van der Waals surface area contributed by atoms with Crippen molar-refractivity contribution in [2.75, 3.05) is 68.5 Å². The van der Waals surface area contributed by atoms with Crippen LogP contribution in [0.1, 0.15) is 52.0 Å². The summed E-state index contributed by atoms with van der Waals surface area (Å²) < 4.78 is 71.7. The van der Waals surface area contributed by atoms with Crippen LogP contribution >= 0.6 is 23.2 Å². The molecule has 4 saturated heterocycles. The SMILES string of the molecule is O=C1CCC(N2C(=O)c3ccc(N4CC(CN5CCC(N6CCN(S(=O)(=O)Nc7ccc(Cl)cc7-c7nc8c(Cl)cc(C(F)(F)F)cc8[nH]7)CC6)CC5)C4)cc3C2=O)C(=O)N1. The number of carbonyl (C=O) groups is 4. The van der Waals surface area contributed by atoms with Crippen LogP contribution in [0, 0.1) is 5.92 Å². The molecule has 21 heteroatoms. The predicted molar refractivity (Wildman–Crippen MR) is 221 cm³/mol. The molecule has 15 nitrogen and oxygen atoms in total. The van der Waals surface area contributed by atoms with Crippen LogP contribution in [0.3, 0.4) is 0 Å². The van der Waals surface area contributed by atoms with Crippen molar-refractivity contribution in [3.63, 3.8) is 0 Å². The van der Waals surface area contributed by atoms with Crippen LogP contribution in [0.2, 0.25) is 10.0 Å². The van der Waals surface area contributed by atoms with Crippen LogP contribution < -0.4 is 14.9 Å². The summed E-state index contributed by atoms with van der Waals surface area (Å²) in [6.45, 7) is 6.01. The Hall–Kier alpha value is -4.79. The minimum atomic E-state index is -4.63. The van der Waals surface area contributed by atoms with Gasteiger partial charge in [0.15, 0.2) is 0 Å². The zero-order valence-electron chi connectivity index (χ0n) is 32.5. The van der Waals surface area contributed by atoms with Crippen LogP contribution in [0.25, 0.3) is 22.4 Å². The van der Waals surface area contributed by atoms with Crippen molar-refractivity contribution >= 4 is 79.4 Å². The monoisotopic (exact) mass is 901 g/mol. The number of aromatic amines is 1. The number of rotatable bonds is 9. The van der Waals surface area contributed by atoms with Crippen molar-refractivity contribution in [2.24, 2.45) is 5.92 Å². The highest BCUT2D eigenvalue weighted by Crippen LogP contribution is 2.38. The largest absolute Gasteiger partial charge is 0.416 e. The lowest BCUT2D eigenvalue weighted by molar-refractivity contribution is -0.138. The van der Waals surface area contributed by atoms with E-state index in [2.05, 4.69) is 34.7 Å². The first-order valence-electron chi connectivity index (χ1n) is 19.9. The molecule has 1 unspecified atom stereocenters. The molecule has 0 bridgehead atoms. The Morgan fingerprint density at radius 2 is 1.56 bits per heavy atom. The second kappa shape index (κ2) is 15.8. The second-order valence-electron chi connectivity index (χ2n) is 16.1. The van der Waals surface area contributed by atoms with Crippen molar-refractivity contribution in [3.8, 4) is 11.4 Å². The third-order valence-electron chi connectivity index (χ3n) is 12.3. The topological polar surface area (TPSA) is 171 Å². The maximum absolute atomic E-state index is 13.7. The number of likely N-dealkylation sites (tertiary alicyclic amines) is 1. The van der Waals surface area contributed by atoms with Crippen LogP contribution in [0.15, 0.2) is 48.5 Å². The first kappa shape index (κ1) is 41.6. The highest BCUT2D eigenvalue weighted by atomic mass is 35.5. The molecular weight excluding hydrogens is 862 g/mol. The molecule has 9 rings (SSSR count). The molecule has 0 saturated carbocycles. The van der Waals surface area contributed by atoms with Crippen molar-refractivity contribution < 1.29 is 40.8 Å². The molecule has 3 aromatic carbocycles. The number of amides is 4. The Kier molecular flexibility index (Phi) is 10.8. The Balaban J connectivity index is 0.751. The maximum Gasteiger partial charge on any atom is 0.416 e. The van der Waals surface area contributed by atoms with Gasteiger partial charge in [-0.1, -0.05) is 23.2 Å². The number of imide groups is 2. The molecule has 3 N–H and O–H groups in total. The van der Waals surface area contributed by atoms with E-state index in [-0.39, 0.29) is 75.2 Å². The number of carbonyl (C=O) groups excluding carboxylic acids is 4. The number of nitrogens with zero attached hydrogens (tertiary/aromatic N) is 6. The van der Waals surface area contributed by atoms with E-state index in [1.807, 2.05) is 6.07 Å². The summed E-state index contributed by atoms with van der Waals surface area (Å²) in [4.78, 5) is 65.6. The number of imidazole rings is 1. The normalized spacial score (nSPS) is 21.6. The smallest absolute Gasteiger partial charge is 0.371 e. The molecule has 5 aliphatic rings. The zero-order valence-corrected chi connectivity index (χ0v) is 34.8. The molecule has 322 valence electrons. The van der Waals surface area contributed by atoms with Gasteiger partial charge in [0.2, 0.25) is 11.8 Å². The third-order valence-corrected chi connectivity index (χ3v) is 14.3. The number of hydrogen-bond acceptors (Lipinski definition) is 10. The zero-order chi connectivity index (χ0) is 43.0. The summed E-state index contributed by atoms with van der Waals surface area (Å²) in [6.07, 6.45) is -2.55. The van der Waals surface area contributed by atoms with Gasteiger partial charge in [-0.25, -0.2) is 4.98 Å². The fourth-order valence-electron chi connectivity index (χ4n) is 9.06. The Bertz CT molecular complexity index is 2570. The van der Waals surface area contributed by atoms with Crippen molar-refractivity contribution in [1.82, 2.24) is 34.3 Å². The molecule has 6 heterocycles. The first-order chi connectivity index (χ1) is 29.0. The van der Waals surface area contributed by atoms with Crippen LogP contribution in [-0.4, -0.2) is 132 Å². The van der Waals surface area contributed by atoms with Crippen LogP contribution in [-0.2, 0) is 26.0 Å². The number of benzene rings is 3. The molecule has 0 aliphatic carbocycles. The Morgan fingerprint density at radius 1 is 0.836 bits per heavy atom. The molecule has 61 heavy (non-hydrogen) atoms. The van der Waals surface area contributed by atoms with E-state index in [0.29, 0.717) is 25.0 Å². The molecule has 5 aliphatic heterocycles. The van der Waals surface area contributed by atoms with Gasteiger partial charge in [-0.3, -0.25) is 39.0 Å². The number of piperidine rings is 2. The number of piperazine rings is 1. The van der Waals surface area contributed by atoms with Crippen LogP contribution in [0.4, 0.5) is 24.5 Å². The summed E-state index contributed by atoms with van der Waals surface area (Å²) in [6, 6.07) is 10.7.